The van der Waals surface area contributed by atoms with Crippen molar-refractivity contribution in [3.8, 4) is 0 Å². The third-order valence-corrected chi connectivity index (χ3v) is 2.54. The van der Waals surface area contributed by atoms with Crippen molar-refractivity contribution < 1.29 is 14.7 Å². The van der Waals surface area contributed by atoms with Crippen LogP contribution in [0.25, 0.3) is 0 Å². The Hall–Kier alpha value is -1.63. The standard InChI is InChI=1S/C13H21N3O3/c1-18-8-9-19-7-6-15-10-11-2-4-12(5-3-11)13(14)16-17/h2-5,15,17H,6-10H2,1H3,(H2,14,16). The van der Waals surface area contributed by atoms with Crippen LogP contribution in [0.4, 0.5) is 0 Å². The number of nitrogens with two attached hydrogens (primary N) is 1. The van der Waals surface area contributed by atoms with Crippen LogP contribution < -0.4 is 11.1 Å². The highest BCUT2D eigenvalue weighted by Gasteiger charge is 1.98. The van der Waals surface area contributed by atoms with E-state index in [1.54, 1.807) is 7.11 Å². The molecule has 0 saturated heterocycles. The molecule has 0 amide bonds. The molecule has 4 N–H and O–H groups in total. The van der Waals surface area contributed by atoms with Crippen LogP contribution in [-0.2, 0) is 16.0 Å². The summed E-state index contributed by atoms with van der Waals surface area (Å²) in [7, 11) is 1.65. The topological polar surface area (TPSA) is 89.1 Å². The molecule has 0 aliphatic rings. The minimum Gasteiger partial charge on any atom is -0.409 e. The zero-order valence-corrected chi connectivity index (χ0v) is 11.1. The maximum Gasteiger partial charge on any atom is 0.170 e. The van der Waals surface area contributed by atoms with Gasteiger partial charge >= 0.3 is 0 Å². The van der Waals surface area contributed by atoms with Crippen molar-refractivity contribution in [2.45, 2.75) is 6.54 Å². The highest BCUT2D eigenvalue weighted by molar-refractivity contribution is 5.96. The van der Waals surface area contributed by atoms with Gasteiger partial charge in [-0.15, -0.1) is 0 Å². The summed E-state index contributed by atoms with van der Waals surface area (Å²) in [6.45, 7) is 3.43. The number of nitrogens with zero attached hydrogens (tertiary/aromatic N) is 1. The zero-order valence-electron chi connectivity index (χ0n) is 11.1. The molecular formula is C13H21N3O3. The Morgan fingerprint density at radius 1 is 1.26 bits per heavy atom. The number of rotatable bonds is 9. The Labute approximate surface area is 113 Å². The van der Waals surface area contributed by atoms with Gasteiger partial charge in [0.25, 0.3) is 0 Å². The number of oxime groups is 1. The van der Waals surface area contributed by atoms with Crippen molar-refractivity contribution in [2.75, 3.05) is 33.5 Å². The first-order valence-corrected chi connectivity index (χ1v) is 6.12. The predicted octanol–water partition coefficient (Wildman–Crippen LogP) is 0.534. The van der Waals surface area contributed by atoms with Crippen LogP contribution in [0.1, 0.15) is 11.1 Å². The van der Waals surface area contributed by atoms with E-state index in [1.807, 2.05) is 24.3 Å². The summed E-state index contributed by atoms with van der Waals surface area (Å²) in [4.78, 5) is 0. The molecule has 0 aliphatic carbocycles. The van der Waals surface area contributed by atoms with Crippen molar-refractivity contribution in [1.29, 1.82) is 0 Å². The van der Waals surface area contributed by atoms with Gasteiger partial charge < -0.3 is 25.7 Å². The molecule has 0 fully saturated rings. The molecule has 19 heavy (non-hydrogen) atoms. The molecule has 1 aromatic carbocycles. The molecule has 106 valence electrons. The lowest BCUT2D eigenvalue weighted by Crippen LogP contribution is -2.20. The zero-order chi connectivity index (χ0) is 13.9. The van der Waals surface area contributed by atoms with Gasteiger partial charge in [-0.25, -0.2) is 0 Å². The van der Waals surface area contributed by atoms with Crippen LogP contribution >= 0.6 is 0 Å². The summed E-state index contributed by atoms with van der Waals surface area (Å²) in [5.41, 5.74) is 7.32. The molecule has 1 aromatic rings. The van der Waals surface area contributed by atoms with Gasteiger partial charge in [-0.05, 0) is 5.56 Å². The van der Waals surface area contributed by atoms with Crippen LogP contribution in [0, 0.1) is 0 Å². The minimum absolute atomic E-state index is 0.117. The summed E-state index contributed by atoms with van der Waals surface area (Å²) >= 11 is 0. The fourth-order valence-electron chi connectivity index (χ4n) is 1.47. The van der Waals surface area contributed by atoms with Gasteiger partial charge in [0.05, 0.1) is 19.8 Å². The number of hydrogen-bond acceptors (Lipinski definition) is 5. The first-order valence-electron chi connectivity index (χ1n) is 6.12. The van der Waals surface area contributed by atoms with Crippen molar-refractivity contribution >= 4 is 5.84 Å². The molecule has 0 atom stereocenters. The number of benzene rings is 1. The predicted molar refractivity (Wildman–Crippen MR) is 73.4 cm³/mol. The van der Waals surface area contributed by atoms with Crippen LogP contribution in [0.2, 0.25) is 0 Å². The van der Waals surface area contributed by atoms with Crippen LogP contribution in [0.5, 0.6) is 0 Å². The summed E-state index contributed by atoms with van der Waals surface area (Å²) in [6.07, 6.45) is 0. The van der Waals surface area contributed by atoms with Gasteiger partial charge in [0.2, 0.25) is 0 Å². The smallest absolute Gasteiger partial charge is 0.170 e. The van der Waals surface area contributed by atoms with Crippen molar-refractivity contribution in [3.05, 3.63) is 35.4 Å². The van der Waals surface area contributed by atoms with Crippen molar-refractivity contribution in [2.24, 2.45) is 10.9 Å². The molecule has 0 aromatic heterocycles. The van der Waals surface area contributed by atoms with Gasteiger partial charge in [0, 0.05) is 25.8 Å². The molecule has 6 nitrogen and oxygen atoms in total. The van der Waals surface area contributed by atoms with E-state index in [0.29, 0.717) is 25.4 Å². The third kappa shape index (κ3) is 6.19. The van der Waals surface area contributed by atoms with Gasteiger partial charge in [0.15, 0.2) is 5.84 Å². The second-order valence-electron chi connectivity index (χ2n) is 3.96. The Kier molecular flexibility index (Phi) is 7.57. The maximum absolute atomic E-state index is 8.55. The molecule has 0 bridgehead atoms. The van der Waals surface area contributed by atoms with E-state index in [4.69, 9.17) is 20.4 Å². The quantitative estimate of drug-likeness (QED) is 0.200. The number of ether oxygens (including phenoxy) is 2. The average Bonchev–Trinajstić information content (AvgIpc) is 2.46. The van der Waals surface area contributed by atoms with Crippen LogP contribution in [0.3, 0.4) is 0 Å². The maximum atomic E-state index is 8.55. The largest absolute Gasteiger partial charge is 0.409 e. The molecule has 0 heterocycles. The lowest BCUT2D eigenvalue weighted by Gasteiger charge is -2.06. The summed E-state index contributed by atoms with van der Waals surface area (Å²) in [6, 6.07) is 7.51. The number of nitrogens with one attached hydrogen (secondary N) is 1. The van der Waals surface area contributed by atoms with E-state index in [1.165, 1.54) is 0 Å². The van der Waals surface area contributed by atoms with Crippen molar-refractivity contribution in [1.82, 2.24) is 5.32 Å². The minimum atomic E-state index is 0.117. The third-order valence-electron chi connectivity index (χ3n) is 2.54. The van der Waals surface area contributed by atoms with E-state index >= 15 is 0 Å². The monoisotopic (exact) mass is 267 g/mol. The highest BCUT2D eigenvalue weighted by Crippen LogP contribution is 2.03. The molecule has 1 rings (SSSR count). The van der Waals surface area contributed by atoms with Gasteiger partial charge in [-0.1, -0.05) is 29.4 Å². The number of amidine groups is 1. The Balaban J connectivity index is 2.19. The van der Waals surface area contributed by atoms with Gasteiger partial charge in [0.1, 0.15) is 0 Å². The molecule has 0 spiro atoms. The SMILES string of the molecule is COCCOCCNCc1ccc(C(N)=NO)cc1. The van der Waals surface area contributed by atoms with Crippen molar-refractivity contribution in [3.63, 3.8) is 0 Å². The van der Waals surface area contributed by atoms with Gasteiger partial charge in [-0.2, -0.15) is 0 Å². The molecule has 0 saturated carbocycles. The van der Waals surface area contributed by atoms with E-state index in [-0.39, 0.29) is 5.84 Å². The van der Waals surface area contributed by atoms with Gasteiger partial charge in [-0.3, -0.25) is 0 Å². The molecule has 0 radical (unpaired) electrons. The lowest BCUT2D eigenvalue weighted by atomic mass is 10.1. The first kappa shape index (κ1) is 15.4. The fourth-order valence-corrected chi connectivity index (χ4v) is 1.47. The Morgan fingerprint density at radius 3 is 2.63 bits per heavy atom. The molecular weight excluding hydrogens is 246 g/mol. The van der Waals surface area contributed by atoms with E-state index in [9.17, 15) is 0 Å². The summed E-state index contributed by atoms with van der Waals surface area (Å²) in [5.74, 6) is 0.117. The van der Waals surface area contributed by atoms with E-state index in [0.717, 1.165) is 18.7 Å². The second kappa shape index (κ2) is 9.32. The van der Waals surface area contributed by atoms with Crippen LogP contribution in [-0.4, -0.2) is 44.5 Å². The lowest BCUT2D eigenvalue weighted by molar-refractivity contribution is 0.0719. The second-order valence-corrected chi connectivity index (χ2v) is 3.96. The average molecular weight is 267 g/mol. The molecule has 0 aliphatic heterocycles. The van der Waals surface area contributed by atoms with Crippen LogP contribution in [0.15, 0.2) is 29.4 Å². The number of hydrogen-bond donors (Lipinski definition) is 3. The highest BCUT2D eigenvalue weighted by atomic mass is 16.5. The molecule has 6 heteroatoms. The summed E-state index contributed by atoms with van der Waals surface area (Å²) in [5, 5.41) is 14.8. The normalized spacial score (nSPS) is 11.7. The van der Waals surface area contributed by atoms with E-state index < -0.39 is 0 Å². The fraction of sp³-hybridized carbons (Fsp3) is 0.462. The summed E-state index contributed by atoms with van der Waals surface area (Å²) < 4.78 is 10.2. The number of methoxy groups -OCH3 is 1. The Bertz CT molecular complexity index is 379. The molecule has 0 unspecified atom stereocenters. The Morgan fingerprint density at radius 2 is 2.00 bits per heavy atom. The first-order chi connectivity index (χ1) is 9.27. The van der Waals surface area contributed by atoms with E-state index in [2.05, 4.69) is 10.5 Å².